The number of methoxy groups -OCH3 is 2. The Morgan fingerprint density at radius 1 is 0.864 bits per heavy atom. The zero-order chi connectivity index (χ0) is 17.1. The van der Waals surface area contributed by atoms with Crippen molar-refractivity contribution in [2.45, 2.75) is 70.0 Å². The fourth-order valence-corrected chi connectivity index (χ4v) is 4.72. The summed E-state index contributed by atoms with van der Waals surface area (Å²) in [5.41, 5.74) is 0. The predicted molar refractivity (Wildman–Crippen MR) is 90.0 cm³/mol. The van der Waals surface area contributed by atoms with Gasteiger partial charge in [0.25, 0.3) is 0 Å². The Bertz CT molecular complexity index is 341. The van der Waals surface area contributed by atoms with Crippen molar-refractivity contribution in [2.75, 3.05) is 20.8 Å². The van der Waals surface area contributed by atoms with Gasteiger partial charge in [-0.2, -0.15) is 0 Å². The van der Waals surface area contributed by atoms with Crippen molar-refractivity contribution in [1.82, 2.24) is 0 Å². The number of rotatable bonds is 7. The van der Waals surface area contributed by atoms with E-state index in [2.05, 4.69) is 39.3 Å². The third kappa shape index (κ3) is 6.01. The lowest BCUT2D eigenvalue weighted by Gasteiger charge is -2.47. The molecule has 1 aliphatic heterocycles. The van der Waals surface area contributed by atoms with Crippen LogP contribution in [0.1, 0.15) is 0 Å². The molecule has 0 saturated carbocycles. The first-order valence-corrected chi connectivity index (χ1v) is 14.5. The van der Waals surface area contributed by atoms with E-state index in [0.717, 1.165) is 0 Å². The summed E-state index contributed by atoms with van der Waals surface area (Å²) in [5.74, 6) is 0. The van der Waals surface area contributed by atoms with Crippen LogP contribution in [-0.4, -0.2) is 73.3 Å². The molecule has 1 rings (SSSR count). The zero-order valence-electron chi connectivity index (χ0n) is 15.1. The summed E-state index contributed by atoms with van der Waals surface area (Å²) in [4.78, 5) is 0. The molecule has 0 aromatic carbocycles. The van der Waals surface area contributed by atoms with Crippen molar-refractivity contribution in [2.24, 2.45) is 0 Å². The van der Waals surface area contributed by atoms with Gasteiger partial charge in [-0.25, -0.2) is 0 Å². The van der Waals surface area contributed by atoms with Crippen molar-refractivity contribution in [3.05, 3.63) is 0 Å². The van der Waals surface area contributed by atoms with Gasteiger partial charge in [-0.05, 0) is 39.3 Å². The quantitative estimate of drug-likeness (QED) is 0.705. The van der Waals surface area contributed by atoms with E-state index in [1.54, 1.807) is 14.2 Å². The Morgan fingerprint density at radius 2 is 1.36 bits per heavy atom. The zero-order valence-corrected chi connectivity index (χ0v) is 17.1. The predicted octanol–water partition coefficient (Wildman–Crippen LogP) is 1.81. The van der Waals surface area contributed by atoms with Gasteiger partial charge in [-0.1, -0.05) is 0 Å². The van der Waals surface area contributed by atoms with E-state index < -0.39 is 29.0 Å². The molecule has 5 atom stereocenters. The molecule has 0 aromatic heterocycles. The van der Waals surface area contributed by atoms with E-state index in [1.165, 1.54) is 0 Å². The van der Waals surface area contributed by atoms with E-state index in [1.807, 2.05) is 0 Å². The van der Waals surface area contributed by atoms with Gasteiger partial charge in [0.15, 0.2) is 22.9 Å². The van der Waals surface area contributed by atoms with Gasteiger partial charge in [-0.3, -0.25) is 0 Å². The highest BCUT2D eigenvalue weighted by atomic mass is 28.4. The summed E-state index contributed by atoms with van der Waals surface area (Å²) >= 11 is 0. The Morgan fingerprint density at radius 3 is 1.77 bits per heavy atom. The maximum atomic E-state index is 10.3. The van der Waals surface area contributed by atoms with Crippen LogP contribution in [0.2, 0.25) is 39.3 Å². The van der Waals surface area contributed by atoms with Crippen LogP contribution < -0.4 is 0 Å². The van der Waals surface area contributed by atoms with Crippen LogP contribution in [0, 0.1) is 0 Å². The van der Waals surface area contributed by atoms with E-state index in [9.17, 15) is 5.11 Å². The van der Waals surface area contributed by atoms with Crippen molar-refractivity contribution >= 4 is 16.6 Å². The summed E-state index contributed by atoms with van der Waals surface area (Å²) < 4.78 is 29.0. The van der Waals surface area contributed by atoms with Gasteiger partial charge >= 0.3 is 0 Å². The summed E-state index contributed by atoms with van der Waals surface area (Å²) in [6.07, 6.45) is -2.67. The van der Waals surface area contributed by atoms with Crippen LogP contribution in [0.25, 0.3) is 0 Å². The SMILES string of the molecule is COC[C@H]1OC(O)[C@H](O[Si](C)(C)C)[C@@H](OC)[C@@H]1O[Si](C)(C)C. The molecular weight excluding hydrogens is 320 g/mol. The molecule has 0 aliphatic carbocycles. The summed E-state index contributed by atoms with van der Waals surface area (Å²) in [6.45, 7) is 12.9. The highest BCUT2D eigenvalue weighted by Gasteiger charge is 2.49. The normalized spacial score (nSPS) is 34.0. The average molecular weight is 353 g/mol. The molecule has 1 saturated heterocycles. The summed E-state index contributed by atoms with van der Waals surface area (Å²) in [7, 11) is -0.470. The Labute approximate surface area is 136 Å². The Balaban J connectivity index is 3.03. The maximum absolute atomic E-state index is 10.3. The topological polar surface area (TPSA) is 66.4 Å². The molecule has 0 amide bonds. The molecule has 1 heterocycles. The van der Waals surface area contributed by atoms with Crippen LogP contribution >= 0.6 is 0 Å². The average Bonchev–Trinajstić information content (AvgIpc) is 2.32. The van der Waals surface area contributed by atoms with Crippen LogP contribution in [0.5, 0.6) is 0 Å². The van der Waals surface area contributed by atoms with E-state index in [4.69, 9.17) is 23.1 Å². The molecular formula is C14H32O6Si2. The number of aliphatic hydroxyl groups excluding tert-OH is 1. The minimum atomic E-state index is -1.87. The third-order valence-corrected chi connectivity index (χ3v) is 5.15. The molecule has 0 bridgehead atoms. The van der Waals surface area contributed by atoms with Crippen LogP contribution in [-0.2, 0) is 23.1 Å². The third-order valence-electron chi connectivity index (χ3n) is 3.19. The van der Waals surface area contributed by atoms with E-state index >= 15 is 0 Å². The number of hydrogen-bond acceptors (Lipinski definition) is 6. The smallest absolute Gasteiger partial charge is 0.184 e. The summed E-state index contributed by atoms with van der Waals surface area (Å²) in [6, 6.07) is 0. The van der Waals surface area contributed by atoms with Gasteiger partial charge in [0.1, 0.15) is 24.4 Å². The lowest BCUT2D eigenvalue weighted by atomic mass is 9.99. The highest BCUT2D eigenvalue weighted by Crippen LogP contribution is 2.30. The van der Waals surface area contributed by atoms with E-state index in [-0.39, 0.29) is 18.3 Å². The first-order valence-electron chi connectivity index (χ1n) is 7.69. The second-order valence-electron chi connectivity index (χ2n) is 7.61. The van der Waals surface area contributed by atoms with Gasteiger partial charge in [0.05, 0.1) is 6.61 Å². The van der Waals surface area contributed by atoms with Crippen LogP contribution in [0.4, 0.5) is 0 Å². The molecule has 8 heteroatoms. The molecule has 0 aromatic rings. The fourth-order valence-electron chi connectivity index (χ4n) is 2.55. The minimum Gasteiger partial charge on any atom is -0.409 e. The number of aliphatic hydroxyl groups is 1. The second kappa shape index (κ2) is 7.84. The van der Waals surface area contributed by atoms with Crippen molar-refractivity contribution < 1.29 is 28.2 Å². The molecule has 6 nitrogen and oxygen atoms in total. The molecule has 1 fully saturated rings. The molecule has 0 spiro atoms. The van der Waals surface area contributed by atoms with Crippen molar-refractivity contribution in [3.8, 4) is 0 Å². The van der Waals surface area contributed by atoms with Crippen molar-refractivity contribution in [3.63, 3.8) is 0 Å². The van der Waals surface area contributed by atoms with Gasteiger partial charge in [-0.15, -0.1) is 0 Å². The van der Waals surface area contributed by atoms with Crippen molar-refractivity contribution in [1.29, 1.82) is 0 Å². The first kappa shape index (κ1) is 20.2. The standard InChI is InChI=1S/C14H32O6Si2/c1-16-9-10-11(19-21(3,4)5)12(17-2)13(14(15)18-10)20-22(6,7)8/h10-15H,9H2,1-8H3/t10-,11-,12+,13-,14?/m1/s1. The number of ether oxygens (including phenoxy) is 3. The molecule has 1 N–H and O–H groups in total. The number of hydrogen-bond donors (Lipinski definition) is 1. The van der Waals surface area contributed by atoms with Gasteiger partial charge < -0.3 is 28.2 Å². The van der Waals surface area contributed by atoms with Crippen LogP contribution in [0.15, 0.2) is 0 Å². The minimum absolute atomic E-state index is 0.318. The molecule has 1 unspecified atom stereocenters. The highest BCUT2D eigenvalue weighted by molar-refractivity contribution is 6.70. The van der Waals surface area contributed by atoms with Crippen LogP contribution in [0.3, 0.4) is 0 Å². The molecule has 0 radical (unpaired) electrons. The second-order valence-corrected chi connectivity index (χ2v) is 16.5. The lowest BCUT2D eigenvalue weighted by Crippen LogP contribution is -2.64. The first-order chi connectivity index (χ1) is 9.98. The molecule has 1 aliphatic rings. The lowest BCUT2D eigenvalue weighted by molar-refractivity contribution is -0.284. The molecule has 22 heavy (non-hydrogen) atoms. The van der Waals surface area contributed by atoms with Gasteiger partial charge in [0.2, 0.25) is 0 Å². The van der Waals surface area contributed by atoms with Gasteiger partial charge in [0, 0.05) is 14.2 Å². The molecule has 132 valence electrons. The monoisotopic (exact) mass is 352 g/mol. The maximum Gasteiger partial charge on any atom is 0.184 e. The Hall–Kier alpha value is 0.194. The fraction of sp³-hybridized carbons (Fsp3) is 1.00. The Kier molecular flexibility index (Phi) is 7.22. The van der Waals surface area contributed by atoms with E-state index in [0.29, 0.717) is 6.61 Å². The largest absolute Gasteiger partial charge is 0.409 e. The summed E-state index contributed by atoms with van der Waals surface area (Å²) in [5, 5.41) is 10.3.